The van der Waals surface area contributed by atoms with Crippen LogP contribution in [0.2, 0.25) is 0 Å². The minimum atomic E-state index is -1.50. The van der Waals surface area contributed by atoms with E-state index in [-0.39, 0.29) is 30.2 Å². The lowest BCUT2D eigenvalue weighted by Crippen LogP contribution is -2.38. The van der Waals surface area contributed by atoms with Gasteiger partial charge < -0.3 is 20.3 Å². The number of halogens is 3. The van der Waals surface area contributed by atoms with Crippen molar-refractivity contribution in [2.24, 2.45) is 5.92 Å². The van der Waals surface area contributed by atoms with Gasteiger partial charge in [-0.3, -0.25) is 4.79 Å². The van der Waals surface area contributed by atoms with Crippen LogP contribution in [0.3, 0.4) is 0 Å². The van der Waals surface area contributed by atoms with Crippen molar-refractivity contribution in [2.75, 3.05) is 35.7 Å². The molecule has 0 atom stereocenters. The molecule has 1 saturated carbocycles. The minimum absolute atomic E-state index is 0.0171. The Hall–Kier alpha value is -3.04. The first kappa shape index (κ1) is 19.3. The van der Waals surface area contributed by atoms with Crippen LogP contribution < -0.4 is 20.3 Å². The molecule has 7 nitrogen and oxygen atoms in total. The van der Waals surface area contributed by atoms with Crippen molar-refractivity contribution in [3.05, 3.63) is 35.3 Å². The fourth-order valence-corrected chi connectivity index (χ4v) is 3.49. The van der Waals surface area contributed by atoms with E-state index < -0.39 is 17.5 Å². The highest BCUT2D eigenvalue weighted by Crippen LogP contribution is 2.33. The lowest BCUT2D eigenvalue weighted by atomic mass is 9.82. The number of hydrogen-bond donors (Lipinski definition) is 2. The SMILES string of the molecule is Cc1nc(NC[C@H]2C[C@H](Oc3cc(F)c(F)c(F)c3)C2)nc2c1NC(=O)CN2C. The lowest BCUT2D eigenvalue weighted by Gasteiger charge is -2.35. The average molecular weight is 407 g/mol. The molecule has 1 fully saturated rings. The molecule has 0 bridgehead atoms. The van der Waals surface area contributed by atoms with Gasteiger partial charge in [0.2, 0.25) is 11.9 Å². The van der Waals surface area contributed by atoms with Gasteiger partial charge in [0.25, 0.3) is 0 Å². The van der Waals surface area contributed by atoms with Gasteiger partial charge in [-0.05, 0) is 25.7 Å². The predicted octanol–water partition coefficient (Wildman–Crippen LogP) is 2.86. The molecular formula is C19H20F3N5O2. The smallest absolute Gasteiger partial charge is 0.244 e. The van der Waals surface area contributed by atoms with Gasteiger partial charge in [0.1, 0.15) is 11.4 Å². The zero-order valence-corrected chi connectivity index (χ0v) is 15.9. The maximum absolute atomic E-state index is 13.3. The fourth-order valence-electron chi connectivity index (χ4n) is 3.49. The van der Waals surface area contributed by atoms with Crippen LogP contribution in [0.5, 0.6) is 5.75 Å². The topological polar surface area (TPSA) is 79.4 Å². The third-order valence-electron chi connectivity index (χ3n) is 5.08. The molecule has 0 saturated heterocycles. The number of nitrogens with one attached hydrogen (secondary N) is 2. The Morgan fingerprint density at radius 1 is 1.24 bits per heavy atom. The third-order valence-corrected chi connectivity index (χ3v) is 5.08. The van der Waals surface area contributed by atoms with Crippen molar-refractivity contribution in [1.82, 2.24) is 9.97 Å². The van der Waals surface area contributed by atoms with Crippen molar-refractivity contribution in [2.45, 2.75) is 25.9 Å². The van der Waals surface area contributed by atoms with Gasteiger partial charge in [-0.15, -0.1) is 0 Å². The number of carbonyl (C=O) groups excluding carboxylic acids is 1. The van der Waals surface area contributed by atoms with Crippen LogP contribution >= 0.6 is 0 Å². The van der Waals surface area contributed by atoms with Gasteiger partial charge in [0.05, 0.1) is 18.3 Å². The molecule has 154 valence electrons. The Morgan fingerprint density at radius 3 is 2.62 bits per heavy atom. The monoisotopic (exact) mass is 407 g/mol. The van der Waals surface area contributed by atoms with Crippen molar-refractivity contribution in [1.29, 1.82) is 0 Å². The minimum Gasteiger partial charge on any atom is -0.490 e. The molecule has 1 aromatic heterocycles. The summed E-state index contributed by atoms with van der Waals surface area (Å²) in [5.74, 6) is -2.74. The van der Waals surface area contributed by atoms with E-state index in [4.69, 9.17) is 4.74 Å². The summed E-state index contributed by atoms with van der Waals surface area (Å²) in [6.07, 6.45) is 1.19. The second kappa shape index (κ2) is 7.41. The summed E-state index contributed by atoms with van der Waals surface area (Å²) in [6, 6.07) is 1.70. The van der Waals surface area contributed by atoms with Crippen LogP contribution in [0.4, 0.5) is 30.6 Å². The van der Waals surface area contributed by atoms with Crippen molar-refractivity contribution >= 4 is 23.4 Å². The quantitative estimate of drug-likeness (QED) is 0.742. The molecule has 29 heavy (non-hydrogen) atoms. The van der Waals surface area contributed by atoms with Crippen LogP contribution in [-0.4, -0.2) is 42.1 Å². The highest BCUT2D eigenvalue weighted by atomic mass is 19.2. The van der Waals surface area contributed by atoms with E-state index >= 15 is 0 Å². The molecule has 1 aliphatic heterocycles. The Morgan fingerprint density at radius 2 is 1.93 bits per heavy atom. The average Bonchev–Trinajstić information content (AvgIpc) is 2.62. The summed E-state index contributed by atoms with van der Waals surface area (Å²) in [4.78, 5) is 22.3. The highest BCUT2D eigenvalue weighted by molar-refractivity contribution is 6.00. The second-order valence-electron chi connectivity index (χ2n) is 7.39. The van der Waals surface area contributed by atoms with E-state index in [1.807, 2.05) is 0 Å². The number of fused-ring (bicyclic) bond motifs is 1. The van der Waals surface area contributed by atoms with Gasteiger partial charge in [0.15, 0.2) is 23.3 Å². The summed E-state index contributed by atoms with van der Waals surface area (Å²) >= 11 is 0. The highest BCUT2D eigenvalue weighted by Gasteiger charge is 2.31. The Kier molecular flexibility index (Phi) is 4.93. The molecule has 2 aliphatic rings. The van der Waals surface area contributed by atoms with E-state index in [9.17, 15) is 18.0 Å². The number of benzene rings is 1. The molecule has 10 heteroatoms. The third kappa shape index (κ3) is 3.92. The number of anilines is 3. The van der Waals surface area contributed by atoms with Gasteiger partial charge >= 0.3 is 0 Å². The number of aryl methyl sites for hydroxylation is 1. The Labute approximate surface area is 165 Å². The van der Waals surface area contributed by atoms with E-state index in [1.165, 1.54) is 0 Å². The summed E-state index contributed by atoms with van der Waals surface area (Å²) in [6.45, 7) is 2.65. The summed E-state index contributed by atoms with van der Waals surface area (Å²) in [5, 5.41) is 5.98. The number of hydrogen-bond acceptors (Lipinski definition) is 6. The first-order chi connectivity index (χ1) is 13.8. The lowest BCUT2D eigenvalue weighted by molar-refractivity contribution is -0.115. The number of carbonyl (C=O) groups is 1. The molecule has 2 N–H and O–H groups in total. The van der Waals surface area contributed by atoms with Gasteiger partial charge in [-0.2, -0.15) is 4.98 Å². The fraction of sp³-hybridized carbons (Fsp3) is 0.421. The summed E-state index contributed by atoms with van der Waals surface area (Å²) < 4.78 is 45.0. The van der Waals surface area contributed by atoms with E-state index in [0.717, 1.165) is 12.1 Å². The normalized spacial score (nSPS) is 20.6. The summed E-state index contributed by atoms with van der Waals surface area (Å²) in [7, 11) is 1.79. The molecular weight excluding hydrogens is 387 g/mol. The standard InChI is InChI=1S/C19H20F3N5O2/c1-9-17-18(27(2)8-15(28)25-17)26-19(24-9)23-7-10-3-11(4-10)29-12-5-13(20)16(22)14(21)6-12/h5-6,10-11H,3-4,7-8H2,1-2H3,(H,25,28)(H,23,24,26)/t10-,11-. The first-order valence-corrected chi connectivity index (χ1v) is 9.25. The van der Waals surface area contributed by atoms with E-state index in [0.29, 0.717) is 42.5 Å². The first-order valence-electron chi connectivity index (χ1n) is 9.25. The number of amides is 1. The number of likely N-dealkylation sites (N-methyl/N-ethyl adjacent to an activating group) is 1. The Bertz CT molecular complexity index is 942. The maximum Gasteiger partial charge on any atom is 0.244 e. The van der Waals surface area contributed by atoms with Gasteiger partial charge in [-0.25, -0.2) is 18.2 Å². The number of ether oxygens (including phenoxy) is 1. The molecule has 1 aliphatic carbocycles. The second-order valence-corrected chi connectivity index (χ2v) is 7.39. The van der Waals surface area contributed by atoms with Gasteiger partial charge in [-0.1, -0.05) is 0 Å². The zero-order chi connectivity index (χ0) is 20.7. The maximum atomic E-state index is 13.3. The number of aromatic nitrogens is 2. The van der Waals surface area contributed by atoms with Crippen LogP contribution in [0.1, 0.15) is 18.5 Å². The van der Waals surface area contributed by atoms with Crippen LogP contribution in [0.15, 0.2) is 12.1 Å². The number of rotatable bonds is 5. The molecule has 2 heterocycles. The number of nitrogens with zero attached hydrogens (tertiary/aromatic N) is 3. The van der Waals surface area contributed by atoms with Gasteiger partial charge in [0, 0.05) is 25.7 Å². The van der Waals surface area contributed by atoms with E-state index in [1.54, 1.807) is 18.9 Å². The molecule has 0 unspecified atom stereocenters. The molecule has 1 amide bonds. The molecule has 0 radical (unpaired) electrons. The Balaban J connectivity index is 1.31. The molecule has 4 rings (SSSR count). The summed E-state index contributed by atoms with van der Waals surface area (Å²) in [5.41, 5.74) is 1.29. The van der Waals surface area contributed by atoms with E-state index in [2.05, 4.69) is 20.6 Å². The molecule has 2 aromatic rings. The molecule has 1 aromatic carbocycles. The molecule has 0 spiro atoms. The van der Waals surface area contributed by atoms with Crippen LogP contribution in [0.25, 0.3) is 0 Å². The van der Waals surface area contributed by atoms with Crippen molar-refractivity contribution in [3.8, 4) is 5.75 Å². The van der Waals surface area contributed by atoms with Crippen molar-refractivity contribution in [3.63, 3.8) is 0 Å². The van der Waals surface area contributed by atoms with Crippen LogP contribution in [0, 0.1) is 30.3 Å². The largest absolute Gasteiger partial charge is 0.490 e. The van der Waals surface area contributed by atoms with Crippen molar-refractivity contribution < 1.29 is 22.7 Å². The predicted molar refractivity (Wildman–Crippen MR) is 101 cm³/mol. The zero-order valence-electron chi connectivity index (χ0n) is 15.9. The van der Waals surface area contributed by atoms with Crippen LogP contribution in [-0.2, 0) is 4.79 Å².